The van der Waals surface area contributed by atoms with Gasteiger partial charge in [0.1, 0.15) is 0 Å². The minimum atomic E-state index is -0.759. The van der Waals surface area contributed by atoms with Crippen LogP contribution in [0.3, 0.4) is 0 Å². The van der Waals surface area contributed by atoms with Gasteiger partial charge in [0, 0.05) is 0 Å². The van der Waals surface area contributed by atoms with Crippen LogP contribution in [0, 0.1) is 5.41 Å². The molecular formula is C4H4NO2Se. The quantitative estimate of drug-likeness (QED) is 0.344. The van der Waals surface area contributed by atoms with Crippen molar-refractivity contribution in [2.45, 2.75) is 6.92 Å². The molecule has 1 radical (unpaired) electrons. The van der Waals surface area contributed by atoms with Crippen LogP contribution in [-0.4, -0.2) is 32.2 Å². The number of hydrogen-bond acceptors (Lipinski definition) is 3. The molecule has 0 aliphatic heterocycles. The third kappa shape index (κ3) is 2.00. The Morgan fingerprint density at radius 3 is 1.88 bits per heavy atom. The maximum atomic E-state index is 10.2. The van der Waals surface area contributed by atoms with Crippen LogP contribution >= 0.6 is 0 Å². The van der Waals surface area contributed by atoms with Crippen LogP contribution < -0.4 is 0 Å². The van der Waals surface area contributed by atoms with E-state index in [4.69, 9.17) is 5.41 Å². The summed E-state index contributed by atoms with van der Waals surface area (Å²) in [6, 6.07) is 0. The second kappa shape index (κ2) is 2.74. The van der Waals surface area contributed by atoms with Gasteiger partial charge in [-0.2, -0.15) is 0 Å². The fourth-order valence-corrected chi connectivity index (χ4v) is 0.461. The molecule has 4 heteroatoms. The van der Waals surface area contributed by atoms with Crippen LogP contribution in [0.5, 0.6) is 0 Å². The molecular weight excluding hydrogens is 173 g/mol. The molecule has 0 aromatic heterocycles. The maximum absolute atomic E-state index is 10.2. The number of Topliss-reactive ketones (excluding diaryl/α,β-unsaturated/α-hetero) is 2. The van der Waals surface area contributed by atoms with Crippen molar-refractivity contribution in [2.75, 3.05) is 0 Å². The Balaban J connectivity index is 4.05. The molecule has 8 heavy (non-hydrogen) atoms. The van der Waals surface area contributed by atoms with Gasteiger partial charge in [-0.15, -0.1) is 0 Å². The number of hydrogen-bond donors (Lipinski definition) is 1. The molecule has 0 heterocycles. The predicted molar refractivity (Wildman–Crippen MR) is 29.2 cm³/mol. The van der Waals surface area contributed by atoms with Crippen LogP contribution in [0.4, 0.5) is 0 Å². The summed E-state index contributed by atoms with van der Waals surface area (Å²) < 4.78 is -0.322. The second-order valence-electron chi connectivity index (χ2n) is 1.21. The van der Waals surface area contributed by atoms with Gasteiger partial charge in [-0.1, -0.05) is 0 Å². The van der Waals surface area contributed by atoms with Crippen molar-refractivity contribution >= 4 is 32.2 Å². The summed E-state index contributed by atoms with van der Waals surface area (Å²) in [5, 5.41) is 6.60. The van der Waals surface area contributed by atoms with E-state index in [1.54, 1.807) is 0 Å². The third-order valence-corrected chi connectivity index (χ3v) is 0.915. The third-order valence-electron chi connectivity index (χ3n) is 0.526. The van der Waals surface area contributed by atoms with Crippen molar-refractivity contribution < 1.29 is 9.59 Å². The molecule has 0 spiro atoms. The molecule has 43 valence electrons. The van der Waals surface area contributed by atoms with Crippen LogP contribution in [0.15, 0.2) is 0 Å². The Morgan fingerprint density at radius 2 is 1.88 bits per heavy atom. The topological polar surface area (TPSA) is 58.0 Å². The van der Waals surface area contributed by atoms with Crippen molar-refractivity contribution in [2.24, 2.45) is 0 Å². The first-order chi connectivity index (χ1) is 3.55. The number of nitrogens with one attached hydrogen (secondary N) is 1. The Labute approximate surface area is 54.8 Å². The van der Waals surface area contributed by atoms with Crippen molar-refractivity contribution in [3.8, 4) is 0 Å². The van der Waals surface area contributed by atoms with Crippen LogP contribution in [0.25, 0.3) is 0 Å². The average molecular weight is 177 g/mol. The van der Waals surface area contributed by atoms with E-state index in [0.29, 0.717) is 0 Å². The molecule has 1 N–H and O–H groups in total. The summed E-state index contributed by atoms with van der Waals surface area (Å²) in [6.07, 6.45) is 0. The zero-order valence-corrected chi connectivity index (χ0v) is 5.94. The summed E-state index contributed by atoms with van der Waals surface area (Å²) in [6.45, 7) is 1.13. The SMILES string of the molecule is CC(=O)C(=O)C(=N)[Se]. The van der Waals surface area contributed by atoms with E-state index >= 15 is 0 Å². The Morgan fingerprint density at radius 1 is 1.50 bits per heavy atom. The Hall–Kier alpha value is -0.471. The van der Waals surface area contributed by atoms with Crippen molar-refractivity contribution in [1.29, 1.82) is 5.41 Å². The Kier molecular flexibility index (Phi) is 2.58. The van der Waals surface area contributed by atoms with E-state index in [1.165, 1.54) is 0 Å². The molecule has 0 bridgehead atoms. The van der Waals surface area contributed by atoms with Gasteiger partial charge in [0.2, 0.25) is 0 Å². The summed E-state index contributed by atoms with van der Waals surface area (Å²) in [7, 11) is 0. The number of ketones is 2. The van der Waals surface area contributed by atoms with Gasteiger partial charge < -0.3 is 0 Å². The summed E-state index contributed by atoms with van der Waals surface area (Å²) >= 11 is 2.13. The molecule has 0 aliphatic rings. The molecule has 0 aliphatic carbocycles. The van der Waals surface area contributed by atoms with Gasteiger partial charge in [-0.3, -0.25) is 0 Å². The first kappa shape index (κ1) is 7.53. The van der Waals surface area contributed by atoms with Crippen LogP contribution in [-0.2, 0) is 9.59 Å². The van der Waals surface area contributed by atoms with Crippen molar-refractivity contribution in [1.82, 2.24) is 0 Å². The van der Waals surface area contributed by atoms with Crippen molar-refractivity contribution in [3.63, 3.8) is 0 Å². The zero-order valence-electron chi connectivity index (χ0n) is 4.22. The van der Waals surface area contributed by atoms with E-state index in [9.17, 15) is 9.59 Å². The van der Waals surface area contributed by atoms with E-state index in [2.05, 4.69) is 16.0 Å². The molecule has 3 nitrogen and oxygen atoms in total. The fourth-order valence-electron chi connectivity index (χ4n) is 0.160. The molecule has 0 rings (SSSR count). The summed E-state index contributed by atoms with van der Waals surface area (Å²) in [5.74, 6) is -1.36. The van der Waals surface area contributed by atoms with Crippen LogP contribution in [0.2, 0.25) is 0 Å². The van der Waals surface area contributed by atoms with Gasteiger partial charge in [0.15, 0.2) is 0 Å². The molecule has 0 saturated carbocycles. The fraction of sp³-hybridized carbons (Fsp3) is 0.250. The molecule has 0 atom stereocenters. The number of carbonyl (C=O) groups excluding carboxylic acids is 2. The predicted octanol–water partition coefficient (Wildman–Crippen LogP) is -0.710. The van der Waals surface area contributed by atoms with Gasteiger partial charge in [0.05, 0.1) is 0 Å². The molecule has 0 aromatic carbocycles. The Bertz CT molecular complexity index is 136. The van der Waals surface area contributed by atoms with Gasteiger partial charge >= 0.3 is 54.1 Å². The molecule has 0 unspecified atom stereocenters. The number of rotatable bonds is 2. The standard InChI is InChI=1S/C4H4NO2Se/c1-2(6)3(7)4(5)8/h5H,1H3. The van der Waals surface area contributed by atoms with Crippen molar-refractivity contribution in [3.05, 3.63) is 0 Å². The van der Waals surface area contributed by atoms with Gasteiger partial charge in [-0.25, -0.2) is 0 Å². The monoisotopic (exact) mass is 178 g/mol. The van der Waals surface area contributed by atoms with Gasteiger partial charge in [0.25, 0.3) is 0 Å². The number of carbonyl (C=O) groups is 2. The van der Waals surface area contributed by atoms with E-state index in [0.717, 1.165) is 6.92 Å². The van der Waals surface area contributed by atoms with E-state index < -0.39 is 11.6 Å². The van der Waals surface area contributed by atoms with Gasteiger partial charge in [-0.05, 0) is 0 Å². The average Bonchev–Trinajstić information content (AvgIpc) is 1.64. The zero-order chi connectivity index (χ0) is 6.73. The molecule has 0 saturated heterocycles. The molecule has 0 fully saturated rings. The van der Waals surface area contributed by atoms with E-state index in [-0.39, 0.29) is 4.61 Å². The van der Waals surface area contributed by atoms with E-state index in [1.807, 2.05) is 0 Å². The molecule has 0 aromatic rings. The van der Waals surface area contributed by atoms with Crippen LogP contribution in [0.1, 0.15) is 6.92 Å². The first-order valence-corrected chi connectivity index (χ1v) is 2.72. The molecule has 0 amide bonds. The second-order valence-corrected chi connectivity index (χ2v) is 2.07. The normalized spacial score (nSPS) is 8.12. The summed E-state index contributed by atoms with van der Waals surface area (Å²) in [5.41, 5.74) is 0. The summed E-state index contributed by atoms with van der Waals surface area (Å²) in [4.78, 5) is 20.3. The minimum absolute atomic E-state index is 0.322. The first-order valence-electron chi connectivity index (χ1n) is 1.86.